The van der Waals surface area contributed by atoms with Gasteiger partial charge in [-0.15, -0.1) is 11.8 Å². The van der Waals surface area contributed by atoms with Gasteiger partial charge in [0.25, 0.3) is 5.91 Å². The van der Waals surface area contributed by atoms with E-state index in [4.69, 9.17) is 19.7 Å². The fourth-order valence-electron chi connectivity index (χ4n) is 1.68. The van der Waals surface area contributed by atoms with Gasteiger partial charge in [0.05, 0.1) is 6.42 Å². The lowest BCUT2D eigenvalue weighted by Crippen LogP contribution is -2.26. The quantitative estimate of drug-likeness (QED) is 0.376. The summed E-state index contributed by atoms with van der Waals surface area (Å²) in [4.78, 5) is 30.6. The minimum atomic E-state index is -1.83. The van der Waals surface area contributed by atoms with Crippen LogP contribution in [0, 0.1) is 11.8 Å². The Morgan fingerprint density at radius 3 is 2.41 bits per heavy atom. The second-order valence-electron chi connectivity index (χ2n) is 4.67. The number of ether oxygens (including phenoxy) is 1. The molecular weight excluding hydrogens is 290 g/mol. The van der Waals surface area contributed by atoms with Crippen LogP contribution in [0.1, 0.15) is 51.9 Å². The zero-order chi connectivity index (χ0) is 16.8. The first-order valence-electron chi connectivity index (χ1n) is 7.30. The summed E-state index contributed by atoms with van der Waals surface area (Å²) < 4.78 is 5.36. The lowest BCUT2D eigenvalue weighted by atomic mass is 10.2. The molecule has 1 aliphatic rings. The molecule has 0 aliphatic carbocycles. The van der Waals surface area contributed by atoms with Gasteiger partial charge in [-0.2, -0.15) is 0 Å². The van der Waals surface area contributed by atoms with E-state index in [2.05, 4.69) is 24.1 Å². The molecule has 0 bridgehead atoms. The lowest BCUT2D eigenvalue weighted by Gasteiger charge is -2.07. The number of carbonyl (C=O) groups excluding carboxylic acids is 2. The Morgan fingerprint density at radius 2 is 1.86 bits per heavy atom. The van der Waals surface area contributed by atoms with Crippen LogP contribution in [0.5, 0.6) is 0 Å². The number of nitrogens with one attached hydrogen (secondary N) is 1. The predicted molar refractivity (Wildman–Crippen MR) is 79.3 cm³/mol. The average Bonchev–Trinajstić information content (AvgIpc) is 2.74. The molecule has 0 aromatic heterocycles. The topological polar surface area (TPSA) is 113 Å². The van der Waals surface area contributed by atoms with E-state index in [1.165, 1.54) is 0 Å². The van der Waals surface area contributed by atoms with E-state index in [1.54, 1.807) is 0 Å². The molecule has 0 saturated carbocycles. The average molecular weight is 313 g/mol. The van der Waals surface area contributed by atoms with E-state index in [0.717, 1.165) is 38.5 Å². The maximum Gasteiger partial charge on any atom is 0.503 e. The Labute approximate surface area is 130 Å². The highest BCUT2D eigenvalue weighted by Crippen LogP contribution is 2.08. The molecule has 0 radical (unpaired) electrons. The van der Waals surface area contributed by atoms with Crippen molar-refractivity contribution in [2.24, 2.45) is 0 Å². The molecule has 0 aromatic carbocycles. The number of unbranched alkanes of at least 4 members (excludes halogenated alkanes) is 4. The van der Waals surface area contributed by atoms with Crippen molar-refractivity contribution < 1.29 is 29.3 Å². The molecule has 3 N–H and O–H groups in total. The maximum absolute atomic E-state index is 11.2. The predicted octanol–water partition coefficient (Wildman–Crippen LogP) is 2.00. The van der Waals surface area contributed by atoms with Gasteiger partial charge in [0.1, 0.15) is 6.10 Å². The molecule has 0 spiro atoms. The van der Waals surface area contributed by atoms with Gasteiger partial charge in [-0.1, -0.05) is 13.3 Å². The van der Waals surface area contributed by atoms with Crippen LogP contribution in [0.2, 0.25) is 0 Å². The van der Waals surface area contributed by atoms with Crippen molar-refractivity contribution in [3.05, 3.63) is 0 Å². The van der Waals surface area contributed by atoms with E-state index in [0.29, 0.717) is 6.61 Å². The third kappa shape index (κ3) is 11.7. The molecule has 1 fully saturated rings. The third-order valence-corrected chi connectivity index (χ3v) is 2.69. The van der Waals surface area contributed by atoms with Crippen LogP contribution in [0.15, 0.2) is 0 Å². The molecule has 1 unspecified atom stereocenters. The van der Waals surface area contributed by atoms with Gasteiger partial charge in [0.15, 0.2) is 0 Å². The SMILES string of the molecule is CCCC#CCCCCCOC1CC(=O)NC1=O.O=C(O)O. The van der Waals surface area contributed by atoms with Crippen molar-refractivity contribution in [2.75, 3.05) is 6.61 Å². The number of imide groups is 1. The lowest BCUT2D eigenvalue weighted by molar-refractivity contribution is -0.129. The number of carboxylic acid groups (broad SMARTS) is 2. The van der Waals surface area contributed by atoms with Crippen LogP contribution in [-0.2, 0) is 14.3 Å². The third-order valence-electron chi connectivity index (χ3n) is 2.69. The number of amides is 2. The monoisotopic (exact) mass is 313 g/mol. The number of carbonyl (C=O) groups is 3. The van der Waals surface area contributed by atoms with Crippen molar-refractivity contribution >= 4 is 18.0 Å². The summed E-state index contributed by atoms with van der Waals surface area (Å²) in [6.45, 7) is 2.66. The van der Waals surface area contributed by atoms with Gasteiger partial charge in [0.2, 0.25) is 5.91 Å². The Bertz CT molecular complexity index is 419. The minimum Gasteiger partial charge on any atom is -0.450 e. The van der Waals surface area contributed by atoms with E-state index >= 15 is 0 Å². The molecule has 2 amide bonds. The Morgan fingerprint density at radius 1 is 1.23 bits per heavy atom. The standard InChI is InChI=1S/C14H21NO3.CH2O3/c1-2-3-4-5-6-7-8-9-10-18-12-11-13(16)15-14(12)17;2-1(3)4/h12H,2-3,6-11H2,1H3,(H,15,16,17);(H2,2,3,4). The zero-order valence-electron chi connectivity index (χ0n) is 12.8. The Balaban J connectivity index is 0.000000980. The summed E-state index contributed by atoms with van der Waals surface area (Å²) in [5, 5.41) is 16.2. The summed E-state index contributed by atoms with van der Waals surface area (Å²) in [6, 6.07) is 0. The zero-order valence-corrected chi connectivity index (χ0v) is 12.8. The second kappa shape index (κ2) is 12.7. The first kappa shape index (κ1) is 19.9. The summed E-state index contributed by atoms with van der Waals surface area (Å²) >= 11 is 0. The molecule has 1 heterocycles. The number of hydrogen-bond donors (Lipinski definition) is 3. The van der Waals surface area contributed by atoms with Crippen molar-refractivity contribution in [3.63, 3.8) is 0 Å². The van der Waals surface area contributed by atoms with Gasteiger partial charge < -0.3 is 14.9 Å². The van der Waals surface area contributed by atoms with Crippen molar-refractivity contribution in [1.29, 1.82) is 0 Å². The molecule has 124 valence electrons. The maximum atomic E-state index is 11.2. The smallest absolute Gasteiger partial charge is 0.450 e. The first-order chi connectivity index (χ1) is 10.5. The van der Waals surface area contributed by atoms with Gasteiger partial charge >= 0.3 is 6.16 Å². The first-order valence-corrected chi connectivity index (χ1v) is 7.30. The van der Waals surface area contributed by atoms with E-state index < -0.39 is 12.3 Å². The van der Waals surface area contributed by atoms with Crippen LogP contribution >= 0.6 is 0 Å². The normalized spacial score (nSPS) is 16.1. The molecule has 1 saturated heterocycles. The fourth-order valence-corrected chi connectivity index (χ4v) is 1.68. The van der Waals surface area contributed by atoms with Crippen LogP contribution in [0.3, 0.4) is 0 Å². The highest BCUT2D eigenvalue weighted by Gasteiger charge is 2.30. The molecule has 1 rings (SSSR count). The van der Waals surface area contributed by atoms with E-state index in [9.17, 15) is 9.59 Å². The highest BCUT2D eigenvalue weighted by molar-refractivity contribution is 6.04. The fraction of sp³-hybridized carbons (Fsp3) is 0.667. The highest BCUT2D eigenvalue weighted by atomic mass is 16.6. The van der Waals surface area contributed by atoms with Gasteiger partial charge in [0, 0.05) is 19.4 Å². The molecule has 22 heavy (non-hydrogen) atoms. The van der Waals surface area contributed by atoms with E-state index in [1.807, 2.05) is 0 Å². The second-order valence-corrected chi connectivity index (χ2v) is 4.67. The van der Waals surface area contributed by atoms with Crippen molar-refractivity contribution in [1.82, 2.24) is 5.32 Å². The van der Waals surface area contributed by atoms with E-state index in [-0.39, 0.29) is 18.2 Å². The van der Waals surface area contributed by atoms with Crippen LogP contribution < -0.4 is 5.32 Å². The Kier molecular flexibility index (Phi) is 11.5. The summed E-state index contributed by atoms with van der Waals surface area (Å²) in [7, 11) is 0. The molecule has 7 nitrogen and oxygen atoms in total. The van der Waals surface area contributed by atoms with Crippen molar-refractivity contribution in [3.8, 4) is 11.8 Å². The molecule has 1 atom stereocenters. The summed E-state index contributed by atoms with van der Waals surface area (Å²) in [5.41, 5.74) is 0. The van der Waals surface area contributed by atoms with Gasteiger partial charge in [-0.05, 0) is 19.3 Å². The summed E-state index contributed by atoms with van der Waals surface area (Å²) in [6.07, 6.45) is 3.81. The van der Waals surface area contributed by atoms with Crippen molar-refractivity contribution in [2.45, 2.75) is 58.0 Å². The Hall–Kier alpha value is -2.07. The van der Waals surface area contributed by atoms with Gasteiger partial charge in [-0.3, -0.25) is 14.9 Å². The number of hydrogen-bond acceptors (Lipinski definition) is 4. The van der Waals surface area contributed by atoms with Crippen LogP contribution in [0.4, 0.5) is 4.79 Å². The molecule has 1 aliphatic heterocycles. The molecule has 7 heteroatoms. The van der Waals surface area contributed by atoms with Crippen LogP contribution in [0.25, 0.3) is 0 Å². The molecule has 0 aromatic rings. The minimum absolute atomic E-state index is 0.168. The number of rotatable bonds is 7. The van der Waals surface area contributed by atoms with Crippen LogP contribution in [-0.4, -0.2) is 40.9 Å². The van der Waals surface area contributed by atoms with Gasteiger partial charge in [-0.25, -0.2) is 4.79 Å². The summed E-state index contributed by atoms with van der Waals surface area (Å²) in [5.74, 6) is 5.70. The largest absolute Gasteiger partial charge is 0.503 e. The molecular formula is C15H23NO6.